The van der Waals surface area contributed by atoms with Gasteiger partial charge in [0.05, 0.1) is 30.1 Å². The molecule has 0 bridgehead atoms. The van der Waals surface area contributed by atoms with Gasteiger partial charge in [0.25, 0.3) is 5.56 Å². The number of hydrogen-bond acceptors (Lipinski definition) is 4. The van der Waals surface area contributed by atoms with Crippen LogP contribution in [0, 0.1) is 0 Å². The lowest BCUT2D eigenvalue weighted by molar-refractivity contribution is -0.132. The summed E-state index contributed by atoms with van der Waals surface area (Å²) in [5.41, 5.74) is 0.557. The fraction of sp³-hybridized carbons (Fsp3) is 0.550. The average Bonchev–Trinajstić information content (AvgIpc) is 2.66. The summed E-state index contributed by atoms with van der Waals surface area (Å²) in [6.07, 6.45) is 3.52. The van der Waals surface area contributed by atoms with E-state index in [-0.39, 0.29) is 17.5 Å². The quantitative estimate of drug-likeness (QED) is 0.645. The van der Waals surface area contributed by atoms with E-state index in [1.807, 2.05) is 25.1 Å². The highest BCUT2D eigenvalue weighted by atomic mass is 16.5. The van der Waals surface area contributed by atoms with Crippen molar-refractivity contribution in [3.8, 4) is 0 Å². The Bertz CT molecular complexity index is 800. The molecule has 0 N–H and O–H groups in total. The third-order valence-corrected chi connectivity index (χ3v) is 4.75. The highest BCUT2D eigenvalue weighted by molar-refractivity contribution is 5.78. The highest BCUT2D eigenvalue weighted by Gasteiger charge is 2.23. The van der Waals surface area contributed by atoms with Crippen molar-refractivity contribution in [3.63, 3.8) is 0 Å². The third-order valence-electron chi connectivity index (χ3n) is 4.75. The molecule has 2 aromatic rings. The average molecular weight is 359 g/mol. The Kier molecular flexibility index (Phi) is 7.33. The first-order valence-corrected chi connectivity index (χ1v) is 9.25. The summed E-state index contributed by atoms with van der Waals surface area (Å²) < 4.78 is 6.78. The Morgan fingerprint density at radius 3 is 2.73 bits per heavy atom. The van der Waals surface area contributed by atoms with Gasteiger partial charge in [-0.3, -0.25) is 14.2 Å². The Morgan fingerprint density at radius 2 is 2.04 bits per heavy atom. The van der Waals surface area contributed by atoms with E-state index in [1.54, 1.807) is 29.7 Å². The zero-order chi connectivity index (χ0) is 19.1. The number of carbonyl (C=O) groups excluding carboxylic acids is 1. The molecule has 26 heavy (non-hydrogen) atoms. The molecule has 1 aromatic heterocycles. The second-order valence-electron chi connectivity index (χ2n) is 6.57. The van der Waals surface area contributed by atoms with Gasteiger partial charge in [0.15, 0.2) is 0 Å². The van der Waals surface area contributed by atoms with Crippen molar-refractivity contribution < 1.29 is 9.53 Å². The molecule has 2 rings (SSSR count). The van der Waals surface area contributed by atoms with Crippen LogP contribution in [-0.4, -0.2) is 41.1 Å². The number of hydrogen-bond donors (Lipinski definition) is 0. The van der Waals surface area contributed by atoms with Gasteiger partial charge in [0, 0.05) is 20.6 Å². The molecule has 1 heterocycles. The molecule has 1 unspecified atom stereocenters. The van der Waals surface area contributed by atoms with Gasteiger partial charge in [-0.05, 0) is 25.5 Å². The number of amides is 1. The topological polar surface area (TPSA) is 64.4 Å². The van der Waals surface area contributed by atoms with E-state index in [9.17, 15) is 9.59 Å². The van der Waals surface area contributed by atoms with Crippen LogP contribution in [0.5, 0.6) is 0 Å². The second kappa shape index (κ2) is 9.48. The van der Waals surface area contributed by atoms with Crippen LogP contribution >= 0.6 is 0 Å². The first-order chi connectivity index (χ1) is 12.5. The van der Waals surface area contributed by atoms with Gasteiger partial charge in [-0.15, -0.1) is 0 Å². The predicted molar refractivity (Wildman–Crippen MR) is 103 cm³/mol. The Labute approximate surface area is 154 Å². The largest absolute Gasteiger partial charge is 0.383 e. The van der Waals surface area contributed by atoms with E-state index in [4.69, 9.17) is 9.72 Å². The minimum Gasteiger partial charge on any atom is -0.383 e. The molecule has 6 nitrogen and oxygen atoms in total. The maximum atomic E-state index is 12.9. The molecule has 1 aromatic carbocycles. The summed E-state index contributed by atoms with van der Waals surface area (Å²) in [5.74, 6) is 0.670. The van der Waals surface area contributed by atoms with E-state index in [0.717, 1.165) is 19.3 Å². The number of fused-ring (bicyclic) bond motifs is 1. The monoisotopic (exact) mass is 359 g/mol. The first kappa shape index (κ1) is 20.1. The SMILES string of the molecule is CCCCCC(=O)N(C)C(C)c1nc2ccccc2c(=O)n1CCOC. The van der Waals surface area contributed by atoms with Crippen molar-refractivity contribution in [2.45, 2.75) is 52.1 Å². The molecule has 0 saturated heterocycles. The van der Waals surface area contributed by atoms with E-state index in [0.29, 0.717) is 36.3 Å². The number of methoxy groups -OCH3 is 1. The lowest BCUT2D eigenvalue weighted by Crippen LogP contribution is -2.35. The van der Waals surface area contributed by atoms with Crippen LogP contribution in [0.1, 0.15) is 51.4 Å². The van der Waals surface area contributed by atoms with Gasteiger partial charge in [0.1, 0.15) is 5.82 Å². The summed E-state index contributed by atoms with van der Waals surface area (Å²) in [7, 11) is 3.38. The normalized spacial score (nSPS) is 12.3. The first-order valence-electron chi connectivity index (χ1n) is 9.25. The van der Waals surface area contributed by atoms with Crippen molar-refractivity contribution in [1.82, 2.24) is 14.5 Å². The minimum atomic E-state index is -0.293. The number of aromatic nitrogens is 2. The van der Waals surface area contributed by atoms with Crippen molar-refractivity contribution in [1.29, 1.82) is 0 Å². The Balaban J connectivity index is 2.39. The van der Waals surface area contributed by atoms with Crippen LogP contribution in [0.3, 0.4) is 0 Å². The number of carbonyl (C=O) groups is 1. The number of rotatable bonds is 9. The zero-order valence-corrected chi connectivity index (χ0v) is 16.2. The zero-order valence-electron chi connectivity index (χ0n) is 16.2. The van der Waals surface area contributed by atoms with E-state index >= 15 is 0 Å². The third kappa shape index (κ3) is 4.49. The molecule has 0 aliphatic carbocycles. The van der Waals surface area contributed by atoms with E-state index in [1.165, 1.54) is 0 Å². The van der Waals surface area contributed by atoms with Crippen LogP contribution in [0.25, 0.3) is 10.9 Å². The fourth-order valence-electron chi connectivity index (χ4n) is 2.99. The van der Waals surface area contributed by atoms with Gasteiger partial charge >= 0.3 is 0 Å². The predicted octanol–water partition coefficient (Wildman–Crippen LogP) is 3.14. The molecule has 6 heteroatoms. The molecule has 0 radical (unpaired) electrons. The summed E-state index contributed by atoms with van der Waals surface area (Å²) in [6.45, 7) is 4.85. The lowest BCUT2D eigenvalue weighted by Gasteiger charge is -2.27. The maximum Gasteiger partial charge on any atom is 0.261 e. The van der Waals surface area contributed by atoms with Crippen LogP contribution < -0.4 is 5.56 Å². The van der Waals surface area contributed by atoms with Gasteiger partial charge in [-0.25, -0.2) is 4.98 Å². The Morgan fingerprint density at radius 1 is 1.31 bits per heavy atom. The summed E-state index contributed by atoms with van der Waals surface area (Å²) in [6, 6.07) is 7.01. The molecule has 0 saturated carbocycles. The number of ether oxygens (including phenoxy) is 1. The highest BCUT2D eigenvalue weighted by Crippen LogP contribution is 2.20. The van der Waals surface area contributed by atoms with Gasteiger partial charge in [-0.2, -0.15) is 0 Å². The molecule has 0 fully saturated rings. The minimum absolute atomic E-state index is 0.0756. The van der Waals surface area contributed by atoms with Crippen molar-refractivity contribution in [2.24, 2.45) is 0 Å². The van der Waals surface area contributed by atoms with Gasteiger partial charge in [-0.1, -0.05) is 31.9 Å². The molecule has 142 valence electrons. The molecule has 1 amide bonds. The van der Waals surface area contributed by atoms with E-state index in [2.05, 4.69) is 6.92 Å². The maximum absolute atomic E-state index is 12.9. The second-order valence-corrected chi connectivity index (χ2v) is 6.57. The van der Waals surface area contributed by atoms with Crippen LogP contribution in [0.4, 0.5) is 0 Å². The Hall–Kier alpha value is -2.21. The molecule has 0 aliphatic heterocycles. The number of unbranched alkanes of at least 4 members (excludes halogenated alkanes) is 2. The summed E-state index contributed by atoms with van der Waals surface area (Å²) in [5, 5.41) is 0.580. The smallest absolute Gasteiger partial charge is 0.261 e. The standard InChI is InChI=1S/C20H29N3O3/c1-5-6-7-12-18(24)22(3)15(2)19-21-17-11-9-8-10-16(17)20(25)23(19)13-14-26-4/h8-11,15H,5-7,12-14H2,1-4H3. The lowest BCUT2D eigenvalue weighted by atomic mass is 10.1. The van der Waals surface area contributed by atoms with E-state index < -0.39 is 0 Å². The van der Waals surface area contributed by atoms with Crippen molar-refractivity contribution >= 4 is 16.8 Å². The molecule has 1 atom stereocenters. The van der Waals surface area contributed by atoms with Crippen LogP contribution in [0.15, 0.2) is 29.1 Å². The van der Waals surface area contributed by atoms with Crippen LogP contribution in [-0.2, 0) is 16.1 Å². The molecule has 0 aliphatic rings. The summed E-state index contributed by atoms with van der Waals surface area (Å²) in [4.78, 5) is 31.8. The van der Waals surface area contributed by atoms with Crippen LogP contribution in [0.2, 0.25) is 0 Å². The van der Waals surface area contributed by atoms with Crippen molar-refractivity contribution in [2.75, 3.05) is 20.8 Å². The number of para-hydroxylation sites is 1. The van der Waals surface area contributed by atoms with Gasteiger partial charge in [0.2, 0.25) is 5.91 Å². The van der Waals surface area contributed by atoms with Crippen molar-refractivity contribution in [3.05, 3.63) is 40.4 Å². The number of benzene rings is 1. The molecule has 0 spiro atoms. The number of nitrogens with zero attached hydrogens (tertiary/aromatic N) is 3. The summed E-state index contributed by atoms with van der Waals surface area (Å²) >= 11 is 0. The van der Waals surface area contributed by atoms with Gasteiger partial charge < -0.3 is 9.64 Å². The molecular formula is C20H29N3O3. The molecular weight excluding hydrogens is 330 g/mol. The fourth-order valence-corrected chi connectivity index (χ4v) is 2.99.